The van der Waals surface area contributed by atoms with E-state index in [1.165, 1.54) is 0 Å². The quantitative estimate of drug-likeness (QED) is 0.768. The van der Waals surface area contributed by atoms with Crippen LogP contribution in [0.5, 0.6) is 5.88 Å². The van der Waals surface area contributed by atoms with Gasteiger partial charge in [-0.05, 0) is 24.5 Å². The molecule has 3 aromatic rings. The van der Waals surface area contributed by atoms with Crippen molar-refractivity contribution in [1.29, 1.82) is 0 Å². The SMILES string of the molecule is COc1ccc(CNC(=O)c2cc(C(C)C)nc3onc(C)c23)cn1. The minimum Gasteiger partial charge on any atom is -0.481 e. The van der Waals surface area contributed by atoms with E-state index < -0.39 is 0 Å². The number of aryl methyl sites for hydroxylation is 1. The van der Waals surface area contributed by atoms with Crippen molar-refractivity contribution < 1.29 is 14.1 Å². The highest BCUT2D eigenvalue weighted by atomic mass is 16.5. The lowest BCUT2D eigenvalue weighted by molar-refractivity contribution is 0.0952. The van der Waals surface area contributed by atoms with Crippen LogP contribution < -0.4 is 10.1 Å². The Morgan fingerprint density at radius 1 is 1.36 bits per heavy atom. The van der Waals surface area contributed by atoms with Gasteiger partial charge in [0.1, 0.15) is 0 Å². The number of aromatic nitrogens is 3. The monoisotopic (exact) mass is 340 g/mol. The van der Waals surface area contributed by atoms with Crippen molar-refractivity contribution in [2.45, 2.75) is 33.2 Å². The maximum Gasteiger partial charge on any atom is 0.259 e. The molecule has 0 aliphatic heterocycles. The number of carbonyl (C=O) groups is 1. The molecule has 1 N–H and O–H groups in total. The first-order valence-corrected chi connectivity index (χ1v) is 8.03. The molecule has 0 unspecified atom stereocenters. The van der Waals surface area contributed by atoms with Gasteiger partial charge in [-0.2, -0.15) is 0 Å². The van der Waals surface area contributed by atoms with Gasteiger partial charge < -0.3 is 14.6 Å². The maximum absolute atomic E-state index is 12.7. The molecule has 0 saturated carbocycles. The Morgan fingerprint density at radius 2 is 2.16 bits per heavy atom. The summed E-state index contributed by atoms with van der Waals surface area (Å²) in [7, 11) is 1.56. The maximum atomic E-state index is 12.7. The van der Waals surface area contributed by atoms with Crippen LogP contribution in [0.25, 0.3) is 11.1 Å². The highest BCUT2D eigenvalue weighted by Gasteiger charge is 2.19. The van der Waals surface area contributed by atoms with E-state index in [0.717, 1.165) is 11.3 Å². The molecule has 7 nitrogen and oxygen atoms in total. The van der Waals surface area contributed by atoms with E-state index >= 15 is 0 Å². The van der Waals surface area contributed by atoms with Gasteiger partial charge in [0.2, 0.25) is 5.88 Å². The number of carbonyl (C=O) groups excluding carboxylic acids is 1. The molecule has 0 radical (unpaired) electrons. The molecule has 0 aromatic carbocycles. The van der Waals surface area contributed by atoms with Gasteiger partial charge in [0.05, 0.1) is 23.8 Å². The average Bonchev–Trinajstić information content (AvgIpc) is 3.00. The second-order valence-corrected chi connectivity index (χ2v) is 6.09. The van der Waals surface area contributed by atoms with Crippen LogP contribution in [0.15, 0.2) is 28.9 Å². The Bertz CT molecular complexity index is 901. The van der Waals surface area contributed by atoms with Gasteiger partial charge >= 0.3 is 0 Å². The van der Waals surface area contributed by atoms with Crippen molar-refractivity contribution in [2.24, 2.45) is 0 Å². The summed E-state index contributed by atoms with van der Waals surface area (Å²) >= 11 is 0. The molecule has 3 aromatic heterocycles. The van der Waals surface area contributed by atoms with Crippen molar-refractivity contribution in [1.82, 2.24) is 20.4 Å². The lowest BCUT2D eigenvalue weighted by Gasteiger charge is -2.10. The molecule has 7 heteroatoms. The van der Waals surface area contributed by atoms with Gasteiger partial charge in [0.15, 0.2) is 0 Å². The number of fused-ring (bicyclic) bond motifs is 1. The van der Waals surface area contributed by atoms with Crippen molar-refractivity contribution in [3.05, 3.63) is 46.9 Å². The molecule has 0 atom stereocenters. The lowest BCUT2D eigenvalue weighted by Crippen LogP contribution is -2.23. The predicted octanol–water partition coefficient (Wildman–Crippen LogP) is 2.99. The average molecular weight is 340 g/mol. The second kappa shape index (κ2) is 6.88. The van der Waals surface area contributed by atoms with E-state index in [4.69, 9.17) is 9.26 Å². The summed E-state index contributed by atoms with van der Waals surface area (Å²) in [4.78, 5) is 21.3. The van der Waals surface area contributed by atoms with E-state index in [1.54, 1.807) is 32.4 Å². The number of nitrogens with one attached hydrogen (secondary N) is 1. The molecule has 0 spiro atoms. The summed E-state index contributed by atoms with van der Waals surface area (Å²) in [6.45, 7) is 6.19. The number of rotatable bonds is 5. The smallest absolute Gasteiger partial charge is 0.259 e. The van der Waals surface area contributed by atoms with Gasteiger partial charge in [0, 0.05) is 24.5 Å². The molecule has 3 rings (SSSR count). The highest BCUT2D eigenvalue weighted by molar-refractivity contribution is 6.06. The molecule has 3 heterocycles. The third-order valence-electron chi connectivity index (χ3n) is 3.93. The molecular weight excluding hydrogens is 320 g/mol. The summed E-state index contributed by atoms with van der Waals surface area (Å²) in [6, 6.07) is 5.42. The Kier molecular flexibility index (Phi) is 4.65. The minimum absolute atomic E-state index is 0.173. The summed E-state index contributed by atoms with van der Waals surface area (Å²) in [5.74, 6) is 0.510. The van der Waals surface area contributed by atoms with Crippen LogP contribution in [-0.4, -0.2) is 28.1 Å². The topological polar surface area (TPSA) is 90.1 Å². The Balaban J connectivity index is 1.86. The third kappa shape index (κ3) is 3.45. The first-order valence-electron chi connectivity index (χ1n) is 8.03. The fourth-order valence-electron chi connectivity index (χ4n) is 2.50. The van der Waals surface area contributed by atoms with Crippen molar-refractivity contribution in [2.75, 3.05) is 7.11 Å². The third-order valence-corrected chi connectivity index (χ3v) is 3.93. The summed E-state index contributed by atoms with van der Waals surface area (Å²) in [5.41, 5.74) is 3.23. The fourth-order valence-corrected chi connectivity index (χ4v) is 2.50. The van der Waals surface area contributed by atoms with Gasteiger partial charge in [-0.15, -0.1) is 0 Å². The van der Waals surface area contributed by atoms with Crippen molar-refractivity contribution >= 4 is 17.0 Å². The van der Waals surface area contributed by atoms with Gasteiger partial charge in [-0.3, -0.25) is 4.79 Å². The summed E-state index contributed by atoms with van der Waals surface area (Å²) in [5, 5.41) is 7.49. The zero-order chi connectivity index (χ0) is 18.0. The van der Waals surface area contributed by atoms with E-state index in [2.05, 4.69) is 20.4 Å². The first kappa shape index (κ1) is 16.9. The van der Waals surface area contributed by atoms with E-state index in [1.807, 2.05) is 19.9 Å². The first-order chi connectivity index (χ1) is 12.0. The van der Waals surface area contributed by atoms with Gasteiger partial charge in [-0.25, -0.2) is 9.97 Å². The molecule has 0 aliphatic rings. The normalized spacial score (nSPS) is 11.1. The number of hydrogen-bond acceptors (Lipinski definition) is 6. The second-order valence-electron chi connectivity index (χ2n) is 6.09. The molecule has 0 saturated heterocycles. The van der Waals surface area contributed by atoms with E-state index in [0.29, 0.717) is 34.8 Å². The molecule has 0 fully saturated rings. The van der Waals surface area contributed by atoms with Crippen molar-refractivity contribution in [3.8, 4) is 5.88 Å². The largest absolute Gasteiger partial charge is 0.481 e. The molecule has 0 aliphatic carbocycles. The zero-order valence-electron chi connectivity index (χ0n) is 14.7. The van der Waals surface area contributed by atoms with Crippen LogP contribution in [0.3, 0.4) is 0 Å². The Hall–Kier alpha value is -2.96. The van der Waals surface area contributed by atoms with Gasteiger partial charge in [0.25, 0.3) is 11.6 Å². The molecule has 0 bridgehead atoms. The number of methoxy groups -OCH3 is 1. The fraction of sp³-hybridized carbons (Fsp3) is 0.333. The van der Waals surface area contributed by atoms with Crippen LogP contribution in [0.4, 0.5) is 0 Å². The van der Waals surface area contributed by atoms with Crippen LogP contribution in [0, 0.1) is 6.92 Å². The number of pyridine rings is 2. The van der Waals surface area contributed by atoms with Gasteiger partial charge in [-0.1, -0.05) is 25.1 Å². The molecule has 25 heavy (non-hydrogen) atoms. The van der Waals surface area contributed by atoms with E-state index in [9.17, 15) is 4.79 Å². The summed E-state index contributed by atoms with van der Waals surface area (Å²) in [6.07, 6.45) is 1.67. The van der Waals surface area contributed by atoms with Crippen LogP contribution in [-0.2, 0) is 6.54 Å². The zero-order valence-corrected chi connectivity index (χ0v) is 14.7. The predicted molar refractivity (Wildman–Crippen MR) is 92.6 cm³/mol. The van der Waals surface area contributed by atoms with Crippen LogP contribution >= 0.6 is 0 Å². The Morgan fingerprint density at radius 3 is 2.80 bits per heavy atom. The number of amides is 1. The van der Waals surface area contributed by atoms with Crippen molar-refractivity contribution in [3.63, 3.8) is 0 Å². The van der Waals surface area contributed by atoms with Crippen LogP contribution in [0.2, 0.25) is 0 Å². The number of ether oxygens (including phenoxy) is 1. The summed E-state index contributed by atoms with van der Waals surface area (Å²) < 4.78 is 10.3. The lowest BCUT2D eigenvalue weighted by atomic mass is 10.0. The highest BCUT2D eigenvalue weighted by Crippen LogP contribution is 2.25. The standard InChI is InChI=1S/C18H20N4O3/c1-10(2)14-7-13(16-11(3)22-25-18(16)21-14)17(23)20-9-12-5-6-15(24-4)19-8-12/h5-8,10H,9H2,1-4H3,(H,20,23). The molecular formula is C18H20N4O3. The number of hydrogen-bond donors (Lipinski definition) is 1. The Labute approximate surface area is 145 Å². The molecule has 1 amide bonds. The molecule has 130 valence electrons. The van der Waals surface area contributed by atoms with Crippen LogP contribution in [0.1, 0.15) is 47.1 Å². The van der Waals surface area contributed by atoms with E-state index in [-0.39, 0.29) is 11.8 Å². The number of nitrogens with zero attached hydrogens (tertiary/aromatic N) is 3. The minimum atomic E-state index is -0.198.